The van der Waals surface area contributed by atoms with Crippen molar-refractivity contribution in [1.29, 1.82) is 0 Å². The van der Waals surface area contributed by atoms with Crippen molar-refractivity contribution >= 4 is 5.97 Å². The van der Waals surface area contributed by atoms with Gasteiger partial charge < -0.3 is 10.1 Å². The van der Waals surface area contributed by atoms with E-state index in [1.807, 2.05) is 0 Å². The van der Waals surface area contributed by atoms with E-state index in [-0.39, 0.29) is 11.4 Å². The Morgan fingerprint density at radius 2 is 1.94 bits per heavy atom. The summed E-state index contributed by atoms with van der Waals surface area (Å²) in [6.45, 7) is 2.14. The molecular weight excluding hydrogens is 214 g/mol. The average Bonchev–Trinajstić information content (AvgIpc) is 3.08. The third-order valence-corrected chi connectivity index (χ3v) is 4.04. The number of esters is 1. The van der Waals surface area contributed by atoms with Gasteiger partial charge in [0, 0.05) is 19.0 Å². The van der Waals surface area contributed by atoms with Gasteiger partial charge in [-0.15, -0.1) is 0 Å². The summed E-state index contributed by atoms with van der Waals surface area (Å²) >= 11 is 0. The number of hydrogen-bond acceptors (Lipinski definition) is 3. The number of carbonyl (C=O) groups excluding carboxylic acids is 1. The Labute approximate surface area is 101 Å². The summed E-state index contributed by atoms with van der Waals surface area (Å²) < 4.78 is 4.89. The first kappa shape index (κ1) is 10.8. The van der Waals surface area contributed by atoms with E-state index in [2.05, 4.69) is 29.6 Å². The van der Waals surface area contributed by atoms with Crippen LogP contribution in [0, 0.1) is 0 Å². The number of benzene rings is 1. The largest absolute Gasteiger partial charge is 0.468 e. The van der Waals surface area contributed by atoms with Gasteiger partial charge in [0.1, 0.15) is 0 Å². The Morgan fingerprint density at radius 3 is 2.35 bits per heavy atom. The van der Waals surface area contributed by atoms with Crippen LogP contribution in [0.25, 0.3) is 0 Å². The van der Waals surface area contributed by atoms with Crippen molar-refractivity contribution in [2.24, 2.45) is 0 Å². The maximum absolute atomic E-state index is 11.8. The van der Waals surface area contributed by atoms with Crippen molar-refractivity contribution in [2.75, 3.05) is 20.2 Å². The molecule has 1 aliphatic carbocycles. The van der Waals surface area contributed by atoms with Crippen LogP contribution in [0.2, 0.25) is 0 Å². The van der Waals surface area contributed by atoms with Crippen molar-refractivity contribution in [1.82, 2.24) is 5.32 Å². The lowest BCUT2D eigenvalue weighted by molar-refractivity contribution is -0.143. The number of ether oxygens (including phenoxy) is 1. The van der Waals surface area contributed by atoms with E-state index in [4.69, 9.17) is 4.74 Å². The first-order valence-electron chi connectivity index (χ1n) is 6.16. The quantitative estimate of drug-likeness (QED) is 0.803. The molecule has 0 aromatic heterocycles. The second kappa shape index (κ2) is 3.84. The Hall–Kier alpha value is -1.35. The number of rotatable bonds is 3. The summed E-state index contributed by atoms with van der Waals surface area (Å²) in [5.74, 6) is 0.563. The lowest BCUT2D eigenvalue weighted by Crippen LogP contribution is -2.39. The lowest BCUT2D eigenvalue weighted by atomic mass is 9.89. The minimum atomic E-state index is -0.328. The molecular formula is C14H17NO2. The molecule has 1 aromatic carbocycles. The molecule has 1 saturated carbocycles. The van der Waals surface area contributed by atoms with Gasteiger partial charge in [-0.05, 0) is 24.0 Å². The van der Waals surface area contributed by atoms with E-state index in [0.29, 0.717) is 5.92 Å². The summed E-state index contributed by atoms with van der Waals surface area (Å²) in [6, 6.07) is 8.50. The molecule has 0 atom stereocenters. The van der Waals surface area contributed by atoms with Crippen molar-refractivity contribution < 1.29 is 9.53 Å². The van der Waals surface area contributed by atoms with E-state index in [9.17, 15) is 4.79 Å². The van der Waals surface area contributed by atoms with E-state index in [0.717, 1.165) is 31.5 Å². The standard InChI is InChI=1S/C14H17NO2/c1-17-13(16)14(6-7-14)12-4-2-10(3-5-12)11-8-15-9-11/h2-5,11,15H,6-9H2,1H3. The van der Waals surface area contributed by atoms with Crippen molar-refractivity contribution in [3.05, 3.63) is 35.4 Å². The van der Waals surface area contributed by atoms with Gasteiger partial charge in [0.25, 0.3) is 0 Å². The van der Waals surface area contributed by atoms with Gasteiger partial charge in [0.05, 0.1) is 12.5 Å². The highest BCUT2D eigenvalue weighted by molar-refractivity contribution is 5.86. The molecule has 1 aliphatic heterocycles. The van der Waals surface area contributed by atoms with Crippen LogP contribution in [-0.2, 0) is 14.9 Å². The topological polar surface area (TPSA) is 38.3 Å². The van der Waals surface area contributed by atoms with Crippen molar-refractivity contribution in [3.8, 4) is 0 Å². The van der Waals surface area contributed by atoms with Crippen LogP contribution in [0.1, 0.15) is 29.9 Å². The van der Waals surface area contributed by atoms with Gasteiger partial charge in [-0.25, -0.2) is 0 Å². The zero-order valence-corrected chi connectivity index (χ0v) is 10.0. The Kier molecular flexibility index (Phi) is 2.44. The monoisotopic (exact) mass is 231 g/mol. The molecule has 2 aliphatic rings. The fraction of sp³-hybridized carbons (Fsp3) is 0.500. The Bertz CT molecular complexity index is 430. The summed E-state index contributed by atoms with van der Waals surface area (Å²) in [7, 11) is 1.47. The molecule has 1 N–H and O–H groups in total. The van der Waals surface area contributed by atoms with Gasteiger partial charge in [-0.2, -0.15) is 0 Å². The van der Waals surface area contributed by atoms with Gasteiger partial charge in [-0.1, -0.05) is 24.3 Å². The summed E-state index contributed by atoms with van der Waals surface area (Å²) in [5, 5.41) is 3.27. The minimum Gasteiger partial charge on any atom is -0.468 e. The number of hydrogen-bond donors (Lipinski definition) is 1. The fourth-order valence-corrected chi connectivity index (χ4v) is 2.53. The maximum Gasteiger partial charge on any atom is 0.316 e. The van der Waals surface area contributed by atoms with Gasteiger partial charge in [0.15, 0.2) is 0 Å². The zero-order valence-electron chi connectivity index (χ0n) is 10.0. The Balaban J connectivity index is 1.82. The minimum absolute atomic E-state index is 0.0874. The number of methoxy groups -OCH3 is 1. The van der Waals surface area contributed by atoms with Gasteiger partial charge in [0.2, 0.25) is 0 Å². The zero-order chi connectivity index (χ0) is 11.9. The van der Waals surface area contributed by atoms with E-state index < -0.39 is 0 Å². The SMILES string of the molecule is COC(=O)C1(c2ccc(C3CNC3)cc2)CC1. The number of carbonyl (C=O) groups is 1. The van der Waals surface area contributed by atoms with Crippen LogP contribution < -0.4 is 5.32 Å². The molecule has 2 fully saturated rings. The normalized spacial score (nSPS) is 21.7. The summed E-state index contributed by atoms with van der Waals surface area (Å²) in [5.41, 5.74) is 2.15. The van der Waals surface area contributed by atoms with Crippen molar-refractivity contribution in [3.63, 3.8) is 0 Å². The van der Waals surface area contributed by atoms with Crippen LogP contribution in [-0.4, -0.2) is 26.2 Å². The highest BCUT2D eigenvalue weighted by Crippen LogP contribution is 2.49. The first-order chi connectivity index (χ1) is 8.26. The van der Waals surface area contributed by atoms with Crippen LogP contribution in [0.5, 0.6) is 0 Å². The van der Waals surface area contributed by atoms with Gasteiger partial charge in [-0.3, -0.25) is 4.79 Å². The molecule has 3 nitrogen and oxygen atoms in total. The molecule has 1 heterocycles. The van der Waals surface area contributed by atoms with Crippen LogP contribution in [0.15, 0.2) is 24.3 Å². The maximum atomic E-state index is 11.8. The lowest BCUT2D eigenvalue weighted by Gasteiger charge is -2.27. The van der Waals surface area contributed by atoms with Crippen LogP contribution in [0.3, 0.4) is 0 Å². The van der Waals surface area contributed by atoms with Crippen LogP contribution in [0.4, 0.5) is 0 Å². The molecule has 3 heteroatoms. The first-order valence-corrected chi connectivity index (χ1v) is 6.16. The second-order valence-electron chi connectivity index (χ2n) is 5.05. The van der Waals surface area contributed by atoms with Gasteiger partial charge >= 0.3 is 5.97 Å². The summed E-state index contributed by atoms with van der Waals surface area (Å²) in [6.07, 6.45) is 1.84. The molecule has 3 rings (SSSR count). The molecule has 1 saturated heterocycles. The molecule has 0 amide bonds. The third kappa shape index (κ3) is 1.65. The highest BCUT2D eigenvalue weighted by atomic mass is 16.5. The second-order valence-corrected chi connectivity index (χ2v) is 5.05. The molecule has 17 heavy (non-hydrogen) atoms. The van der Waals surface area contributed by atoms with Crippen molar-refractivity contribution in [2.45, 2.75) is 24.2 Å². The van der Waals surface area contributed by atoms with Crippen LogP contribution >= 0.6 is 0 Å². The predicted octanol–water partition coefficient (Wildman–Crippen LogP) is 1.58. The molecule has 0 unspecified atom stereocenters. The fourth-order valence-electron chi connectivity index (χ4n) is 2.53. The third-order valence-electron chi connectivity index (χ3n) is 4.04. The predicted molar refractivity (Wildman–Crippen MR) is 65.0 cm³/mol. The molecule has 90 valence electrons. The highest BCUT2D eigenvalue weighted by Gasteiger charge is 2.52. The summed E-state index contributed by atoms with van der Waals surface area (Å²) in [4.78, 5) is 11.8. The van der Waals surface area contributed by atoms with E-state index in [1.165, 1.54) is 12.7 Å². The smallest absolute Gasteiger partial charge is 0.316 e. The Morgan fingerprint density at radius 1 is 1.29 bits per heavy atom. The molecule has 0 spiro atoms. The molecule has 1 aromatic rings. The van der Waals surface area contributed by atoms with E-state index in [1.54, 1.807) is 0 Å². The number of nitrogens with one attached hydrogen (secondary N) is 1. The molecule has 0 radical (unpaired) electrons. The van der Waals surface area contributed by atoms with E-state index >= 15 is 0 Å². The average molecular weight is 231 g/mol. The molecule has 0 bridgehead atoms.